The topological polar surface area (TPSA) is 99.5 Å². The first-order chi connectivity index (χ1) is 15.4. The molecule has 1 heterocycles. The Kier molecular flexibility index (Phi) is 7.17. The zero-order chi connectivity index (χ0) is 23.1. The molecule has 164 valence electrons. The summed E-state index contributed by atoms with van der Waals surface area (Å²) in [7, 11) is 1.27. The van der Waals surface area contributed by atoms with Crippen molar-refractivity contribution in [3.05, 3.63) is 83.2 Å². The van der Waals surface area contributed by atoms with Crippen molar-refractivity contribution in [3.63, 3.8) is 0 Å². The molecule has 0 saturated carbocycles. The maximum Gasteiger partial charge on any atom is 0.337 e. The van der Waals surface area contributed by atoms with Gasteiger partial charge in [-0.3, -0.25) is 4.79 Å². The SMILES string of the molecule is COC(=O)c1cccc(NC(=O)COC(=O)/C=C/c2c(C)nn(-c3ccccc3)c2C)c1. The van der Waals surface area contributed by atoms with Gasteiger partial charge < -0.3 is 14.8 Å². The van der Waals surface area contributed by atoms with Crippen LogP contribution < -0.4 is 5.32 Å². The quantitative estimate of drug-likeness (QED) is 0.452. The van der Waals surface area contributed by atoms with Gasteiger partial charge >= 0.3 is 11.9 Å². The third-order valence-corrected chi connectivity index (χ3v) is 4.65. The van der Waals surface area contributed by atoms with Crippen molar-refractivity contribution in [2.75, 3.05) is 19.0 Å². The first-order valence-corrected chi connectivity index (χ1v) is 9.83. The van der Waals surface area contributed by atoms with Gasteiger partial charge in [0, 0.05) is 23.0 Å². The van der Waals surface area contributed by atoms with Crippen molar-refractivity contribution < 1.29 is 23.9 Å². The Labute approximate surface area is 185 Å². The normalized spacial score (nSPS) is 10.7. The van der Waals surface area contributed by atoms with Gasteiger partial charge in [0.05, 0.1) is 24.1 Å². The number of methoxy groups -OCH3 is 1. The molecule has 0 aliphatic rings. The Morgan fingerprint density at radius 2 is 1.81 bits per heavy atom. The van der Waals surface area contributed by atoms with Crippen LogP contribution in [0, 0.1) is 13.8 Å². The monoisotopic (exact) mass is 433 g/mol. The van der Waals surface area contributed by atoms with E-state index in [0.29, 0.717) is 11.3 Å². The number of nitrogens with zero attached hydrogens (tertiary/aromatic N) is 2. The number of benzene rings is 2. The van der Waals surface area contributed by atoms with Crippen LogP contribution in [0.15, 0.2) is 60.7 Å². The van der Waals surface area contributed by atoms with E-state index in [1.807, 2.05) is 44.2 Å². The van der Waals surface area contributed by atoms with Gasteiger partial charge in [0.25, 0.3) is 5.91 Å². The molecule has 32 heavy (non-hydrogen) atoms. The molecule has 0 spiro atoms. The number of amides is 1. The molecule has 0 atom stereocenters. The molecule has 3 aromatic rings. The van der Waals surface area contributed by atoms with Gasteiger partial charge in [0.15, 0.2) is 6.61 Å². The van der Waals surface area contributed by atoms with E-state index in [2.05, 4.69) is 15.2 Å². The number of aromatic nitrogens is 2. The van der Waals surface area contributed by atoms with Crippen molar-refractivity contribution in [1.29, 1.82) is 0 Å². The lowest BCUT2D eigenvalue weighted by atomic mass is 10.2. The molecule has 0 radical (unpaired) electrons. The largest absolute Gasteiger partial charge is 0.465 e. The number of nitrogens with one attached hydrogen (secondary N) is 1. The van der Waals surface area contributed by atoms with E-state index in [1.165, 1.54) is 19.3 Å². The molecular weight excluding hydrogens is 410 g/mol. The van der Waals surface area contributed by atoms with E-state index in [-0.39, 0.29) is 0 Å². The maximum atomic E-state index is 12.1. The van der Waals surface area contributed by atoms with Crippen molar-refractivity contribution in [2.45, 2.75) is 13.8 Å². The lowest BCUT2D eigenvalue weighted by Gasteiger charge is -2.07. The standard InChI is InChI=1S/C24H23N3O5/c1-16-21(17(2)27(26-16)20-10-5-4-6-11-20)12-13-23(29)32-15-22(28)25-19-9-7-8-18(14-19)24(30)31-3/h4-14H,15H2,1-3H3,(H,25,28)/b13-12+. The zero-order valence-electron chi connectivity index (χ0n) is 18.0. The molecule has 0 aliphatic carbocycles. The Morgan fingerprint density at radius 3 is 2.53 bits per heavy atom. The summed E-state index contributed by atoms with van der Waals surface area (Å²) in [5, 5.41) is 7.09. The molecule has 1 N–H and O–H groups in total. The summed E-state index contributed by atoms with van der Waals surface area (Å²) < 4.78 is 11.5. The second kappa shape index (κ2) is 10.2. The van der Waals surface area contributed by atoms with Crippen LogP contribution in [-0.4, -0.2) is 41.3 Å². The number of hydrogen-bond acceptors (Lipinski definition) is 6. The Balaban J connectivity index is 1.58. The average molecular weight is 433 g/mol. The Bertz CT molecular complexity index is 1170. The lowest BCUT2D eigenvalue weighted by molar-refractivity contribution is -0.142. The second-order valence-electron chi connectivity index (χ2n) is 6.89. The van der Waals surface area contributed by atoms with Crippen molar-refractivity contribution in [1.82, 2.24) is 9.78 Å². The van der Waals surface area contributed by atoms with E-state index in [4.69, 9.17) is 4.74 Å². The zero-order valence-corrected chi connectivity index (χ0v) is 18.0. The fourth-order valence-electron chi connectivity index (χ4n) is 3.09. The number of esters is 2. The van der Waals surface area contributed by atoms with Crippen molar-refractivity contribution in [2.24, 2.45) is 0 Å². The van der Waals surface area contributed by atoms with E-state index in [0.717, 1.165) is 22.6 Å². The minimum atomic E-state index is -0.658. The second-order valence-corrected chi connectivity index (χ2v) is 6.89. The van der Waals surface area contributed by atoms with Gasteiger partial charge in [-0.1, -0.05) is 24.3 Å². The van der Waals surface area contributed by atoms with Gasteiger partial charge in [0.2, 0.25) is 0 Å². The lowest BCUT2D eigenvalue weighted by Crippen LogP contribution is -2.20. The maximum absolute atomic E-state index is 12.1. The predicted octanol–water partition coefficient (Wildman–Crippen LogP) is 3.47. The predicted molar refractivity (Wildman–Crippen MR) is 119 cm³/mol. The summed E-state index contributed by atoms with van der Waals surface area (Å²) in [6.45, 7) is 3.30. The van der Waals surface area contributed by atoms with Crippen molar-refractivity contribution >= 4 is 29.6 Å². The molecule has 8 heteroatoms. The van der Waals surface area contributed by atoms with Crippen LogP contribution >= 0.6 is 0 Å². The molecular formula is C24H23N3O5. The van der Waals surface area contributed by atoms with Crippen LogP contribution in [0.4, 0.5) is 5.69 Å². The highest BCUT2D eigenvalue weighted by molar-refractivity contribution is 5.96. The number of para-hydroxylation sites is 1. The average Bonchev–Trinajstić information content (AvgIpc) is 3.09. The molecule has 0 fully saturated rings. The first-order valence-electron chi connectivity index (χ1n) is 9.83. The number of rotatable bonds is 7. The van der Waals surface area contributed by atoms with E-state index in [1.54, 1.807) is 29.0 Å². The van der Waals surface area contributed by atoms with E-state index >= 15 is 0 Å². The van der Waals surface area contributed by atoms with Crippen LogP contribution in [0.2, 0.25) is 0 Å². The van der Waals surface area contributed by atoms with Gasteiger partial charge in [-0.2, -0.15) is 5.10 Å². The molecule has 8 nitrogen and oxygen atoms in total. The molecule has 0 unspecified atom stereocenters. The minimum Gasteiger partial charge on any atom is -0.465 e. The summed E-state index contributed by atoms with van der Waals surface area (Å²) in [6.07, 6.45) is 2.88. The summed E-state index contributed by atoms with van der Waals surface area (Å²) in [4.78, 5) is 35.7. The van der Waals surface area contributed by atoms with Gasteiger partial charge in [0.1, 0.15) is 0 Å². The number of ether oxygens (including phenoxy) is 2. The fourth-order valence-corrected chi connectivity index (χ4v) is 3.09. The minimum absolute atomic E-state index is 0.298. The number of anilines is 1. The highest BCUT2D eigenvalue weighted by Gasteiger charge is 2.12. The summed E-state index contributed by atoms with van der Waals surface area (Å²) in [5.41, 5.74) is 4.05. The molecule has 0 saturated heterocycles. The van der Waals surface area contributed by atoms with Crippen LogP contribution in [0.1, 0.15) is 27.3 Å². The molecule has 0 aliphatic heterocycles. The van der Waals surface area contributed by atoms with Crippen LogP contribution in [-0.2, 0) is 19.1 Å². The first kappa shape index (κ1) is 22.5. The highest BCUT2D eigenvalue weighted by Crippen LogP contribution is 2.19. The van der Waals surface area contributed by atoms with Gasteiger partial charge in [-0.15, -0.1) is 0 Å². The molecule has 2 aromatic carbocycles. The summed E-state index contributed by atoms with van der Waals surface area (Å²) in [6, 6.07) is 15.9. The van der Waals surface area contributed by atoms with E-state index in [9.17, 15) is 14.4 Å². The smallest absolute Gasteiger partial charge is 0.337 e. The molecule has 1 amide bonds. The Morgan fingerprint density at radius 1 is 1.06 bits per heavy atom. The fraction of sp³-hybridized carbons (Fsp3) is 0.167. The number of hydrogen-bond donors (Lipinski definition) is 1. The molecule has 1 aromatic heterocycles. The van der Waals surface area contributed by atoms with Crippen LogP contribution in [0.25, 0.3) is 11.8 Å². The highest BCUT2D eigenvalue weighted by atomic mass is 16.5. The number of aryl methyl sites for hydroxylation is 1. The number of carbonyl (C=O) groups is 3. The third kappa shape index (κ3) is 5.48. The number of carbonyl (C=O) groups excluding carboxylic acids is 3. The van der Waals surface area contributed by atoms with Crippen LogP contribution in [0.5, 0.6) is 0 Å². The molecule has 0 bridgehead atoms. The van der Waals surface area contributed by atoms with E-state index < -0.39 is 24.5 Å². The third-order valence-electron chi connectivity index (χ3n) is 4.65. The van der Waals surface area contributed by atoms with Gasteiger partial charge in [-0.05, 0) is 50.3 Å². The van der Waals surface area contributed by atoms with Gasteiger partial charge in [-0.25, -0.2) is 14.3 Å². The summed E-state index contributed by atoms with van der Waals surface area (Å²) >= 11 is 0. The molecule has 3 rings (SSSR count). The van der Waals surface area contributed by atoms with Crippen LogP contribution in [0.3, 0.4) is 0 Å². The summed E-state index contributed by atoms with van der Waals surface area (Å²) in [5.74, 6) is -1.70. The van der Waals surface area contributed by atoms with Crippen molar-refractivity contribution in [3.8, 4) is 5.69 Å². The Hall–Kier alpha value is -4.20.